The summed E-state index contributed by atoms with van der Waals surface area (Å²) in [7, 11) is 0. The molecule has 36 heavy (non-hydrogen) atoms. The lowest BCUT2D eigenvalue weighted by Gasteiger charge is -2.25. The zero-order valence-corrected chi connectivity index (χ0v) is 25.4. The summed E-state index contributed by atoms with van der Waals surface area (Å²) in [6.45, 7) is 13.0. The fourth-order valence-electron chi connectivity index (χ4n) is 5.10. The molecule has 3 rings (SSSR count). The average molecular weight is 626 g/mol. The van der Waals surface area contributed by atoms with E-state index in [9.17, 15) is 9.59 Å². The van der Waals surface area contributed by atoms with Gasteiger partial charge >= 0.3 is 0 Å². The van der Waals surface area contributed by atoms with E-state index in [0.29, 0.717) is 11.8 Å². The lowest BCUT2D eigenvalue weighted by Crippen LogP contribution is -3.00. The smallest absolute Gasteiger partial charge is 0.259 e. The fraction of sp³-hybridized carbons (Fsp3) is 0.571. The van der Waals surface area contributed by atoms with Crippen LogP contribution in [0.1, 0.15) is 74.1 Å². The van der Waals surface area contributed by atoms with E-state index in [1.54, 1.807) is 0 Å². The van der Waals surface area contributed by atoms with Crippen molar-refractivity contribution < 1.29 is 52.7 Å². The first-order valence-electron chi connectivity index (χ1n) is 13.1. The number of nitrogens with zero attached hydrogens (tertiary/aromatic N) is 4. The van der Waals surface area contributed by atoms with Crippen molar-refractivity contribution >= 4 is 11.8 Å². The largest absolute Gasteiger partial charge is 1.00 e. The van der Waals surface area contributed by atoms with Crippen LogP contribution in [0.2, 0.25) is 0 Å². The quantitative estimate of drug-likeness (QED) is 0.280. The van der Waals surface area contributed by atoms with Crippen molar-refractivity contribution in [3.05, 3.63) is 60.2 Å². The van der Waals surface area contributed by atoms with Crippen LogP contribution in [0.5, 0.6) is 0 Å². The van der Waals surface area contributed by atoms with E-state index in [4.69, 9.17) is 0 Å². The SMILES string of the molecule is CCN(CC)C(=O)c1ccc[n+](CC2CCC(C[n+]3cccc(C(=O)N(CC)CC)c3)CC2)c1.[Br-].[Br-]. The minimum absolute atomic E-state index is 0. The lowest BCUT2D eigenvalue weighted by molar-refractivity contribution is -0.707. The number of carbonyl (C=O) groups excluding carboxylic acids is 2. The molecule has 200 valence electrons. The summed E-state index contributed by atoms with van der Waals surface area (Å²) in [5.74, 6) is 1.50. The molecule has 0 N–H and O–H groups in total. The van der Waals surface area contributed by atoms with Gasteiger partial charge in [-0.05, 0) is 65.5 Å². The van der Waals surface area contributed by atoms with E-state index >= 15 is 0 Å². The second kappa shape index (κ2) is 16.1. The van der Waals surface area contributed by atoms with Gasteiger partial charge < -0.3 is 43.8 Å². The predicted molar refractivity (Wildman–Crippen MR) is 133 cm³/mol. The van der Waals surface area contributed by atoms with Gasteiger partial charge in [0, 0.05) is 50.1 Å². The molecule has 1 saturated carbocycles. The van der Waals surface area contributed by atoms with E-state index in [1.807, 2.05) is 74.2 Å². The highest BCUT2D eigenvalue weighted by molar-refractivity contribution is 5.94. The van der Waals surface area contributed by atoms with Gasteiger partial charge in [0.15, 0.2) is 37.9 Å². The number of pyridine rings is 2. The monoisotopic (exact) mass is 624 g/mol. The van der Waals surface area contributed by atoms with Gasteiger partial charge in [0.25, 0.3) is 11.8 Å². The van der Waals surface area contributed by atoms with Crippen LogP contribution in [-0.2, 0) is 13.1 Å². The van der Waals surface area contributed by atoms with E-state index in [2.05, 4.69) is 21.5 Å². The van der Waals surface area contributed by atoms with Crippen LogP contribution in [0.3, 0.4) is 0 Å². The Kier molecular flexibility index (Phi) is 14.4. The molecule has 0 aromatic carbocycles. The molecule has 2 aromatic rings. The molecular formula is C28H42Br2N4O2. The number of aromatic nitrogens is 2. The van der Waals surface area contributed by atoms with Crippen molar-refractivity contribution in [2.75, 3.05) is 26.2 Å². The minimum atomic E-state index is 0. The van der Waals surface area contributed by atoms with Gasteiger partial charge in [0.2, 0.25) is 0 Å². The van der Waals surface area contributed by atoms with E-state index < -0.39 is 0 Å². The molecule has 0 radical (unpaired) electrons. The molecule has 0 spiro atoms. The van der Waals surface area contributed by atoms with E-state index in [-0.39, 0.29) is 45.8 Å². The lowest BCUT2D eigenvalue weighted by atomic mass is 9.82. The van der Waals surface area contributed by atoms with Crippen LogP contribution in [0.25, 0.3) is 0 Å². The maximum absolute atomic E-state index is 12.7. The Morgan fingerprint density at radius 2 is 1.03 bits per heavy atom. The third kappa shape index (κ3) is 8.65. The summed E-state index contributed by atoms with van der Waals surface area (Å²) >= 11 is 0. The Hall–Kier alpha value is -1.80. The number of carbonyl (C=O) groups is 2. The molecule has 1 aliphatic carbocycles. The maximum Gasteiger partial charge on any atom is 0.259 e. The highest BCUT2D eigenvalue weighted by Gasteiger charge is 2.27. The molecule has 2 aromatic heterocycles. The number of amides is 2. The average Bonchev–Trinajstić information content (AvgIpc) is 2.87. The molecule has 6 nitrogen and oxygen atoms in total. The van der Waals surface area contributed by atoms with E-state index in [0.717, 1.165) is 50.4 Å². The van der Waals surface area contributed by atoms with Gasteiger partial charge in [-0.3, -0.25) is 9.59 Å². The molecule has 8 heteroatoms. The number of rotatable bonds is 10. The zero-order valence-electron chi connectivity index (χ0n) is 22.2. The van der Waals surface area contributed by atoms with Gasteiger partial charge in [0.1, 0.15) is 11.1 Å². The summed E-state index contributed by atoms with van der Waals surface area (Å²) in [5.41, 5.74) is 1.55. The minimum Gasteiger partial charge on any atom is -1.00 e. The number of halogens is 2. The Bertz CT molecular complexity index is 879. The van der Waals surface area contributed by atoms with Crippen LogP contribution in [0.15, 0.2) is 49.1 Å². The molecule has 2 heterocycles. The van der Waals surface area contributed by atoms with Gasteiger partial charge in [-0.2, -0.15) is 0 Å². The third-order valence-electron chi connectivity index (χ3n) is 7.22. The topological polar surface area (TPSA) is 48.4 Å². The Balaban J connectivity index is 0.00000324. The first-order valence-corrected chi connectivity index (χ1v) is 13.1. The highest BCUT2D eigenvalue weighted by Crippen LogP contribution is 2.29. The Morgan fingerprint density at radius 1 is 0.694 bits per heavy atom. The highest BCUT2D eigenvalue weighted by atomic mass is 79.9. The van der Waals surface area contributed by atoms with Crippen molar-refractivity contribution in [2.45, 2.75) is 66.5 Å². The van der Waals surface area contributed by atoms with Gasteiger partial charge in [-0.15, -0.1) is 0 Å². The number of hydrogen-bond donors (Lipinski definition) is 0. The van der Waals surface area contributed by atoms with Crippen molar-refractivity contribution in [3.63, 3.8) is 0 Å². The molecular weight excluding hydrogens is 584 g/mol. The summed E-state index contributed by atoms with van der Waals surface area (Å²) in [4.78, 5) is 29.1. The molecule has 0 bridgehead atoms. The first kappa shape index (κ1) is 32.2. The standard InChI is InChI=1S/C28H42N4O2.2BrH/c1-5-31(6-2)27(33)25-11-9-17-29(21-25)19-23-13-15-24(16-14-23)20-30-18-10-12-26(22-30)28(34)32(7-3)8-4;;/h9-12,17-18,21-24H,5-8,13-16,19-20H2,1-4H3;2*1H/q+2;;/p-2. The predicted octanol–water partition coefficient (Wildman–Crippen LogP) is -2.26. The van der Waals surface area contributed by atoms with Crippen molar-refractivity contribution in [3.8, 4) is 0 Å². The third-order valence-corrected chi connectivity index (χ3v) is 7.22. The first-order chi connectivity index (χ1) is 16.5. The van der Waals surface area contributed by atoms with Crippen molar-refractivity contribution in [1.29, 1.82) is 0 Å². The molecule has 2 amide bonds. The summed E-state index contributed by atoms with van der Waals surface area (Å²) in [6.07, 6.45) is 13.0. The normalized spacial score (nSPS) is 16.9. The second-order valence-corrected chi connectivity index (χ2v) is 9.42. The van der Waals surface area contributed by atoms with Gasteiger partial charge in [-0.1, -0.05) is 0 Å². The molecule has 0 aliphatic heterocycles. The molecule has 1 fully saturated rings. The molecule has 0 saturated heterocycles. The maximum atomic E-state index is 12.7. The van der Waals surface area contributed by atoms with Crippen molar-refractivity contribution in [1.82, 2.24) is 9.80 Å². The Labute approximate surface area is 238 Å². The fourth-order valence-corrected chi connectivity index (χ4v) is 5.10. The van der Waals surface area contributed by atoms with Gasteiger partial charge in [-0.25, -0.2) is 9.13 Å². The van der Waals surface area contributed by atoms with Crippen LogP contribution < -0.4 is 43.1 Å². The summed E-state index contributed by atoms with van der Waals surface area (Å²) < 4.78 is 4.39. The molecule has 1 aliphatic rings. The molecule has 0 unspecified atom stereocenters. The number of hydrogen-bond acceptors (Lipinski definition) is 2. The summed E-state index contributed by atoms with van der Waals surface area (Å²) in [6, 6.07) is 7.83. The van der Waals surface area contributed by atoms with Gasteiger partial charge in [0.05, 0.1) is 0 Å². The second-order valence-electron chi connectivity index (χ2n) is 9.42. The van der Waals surface area contributed by atoms with Crippen LogP contribution in [-0.4, -0.2) is 47.8 Å². The van der Waals surface area contributed by atoms with Crippen LogP contribution in [0.4, 0.5) is 0 Å². The molecule has 0 atom stereocenters. The van der Waals surface area contributed by atoms with E-state index in [1.165, 1.54) is 25.7 Å². The summed E-state index contributed by atoms with van der Waals surface area (Å²) in [5, 5.41) is 0. The zero-order chi connectivity index (χ0) is 24.5. The van der Waals surface area contributed by atoms with Crippen LogP contribution in [0, 0.1) is 11.8 Å². The Morgan fingerprint density at radius 3 is 1.33 bits per heavy atom. The van der Waals surface area contributed by atoms with Crippen LogP contribution >= 0.6 is 0 Å². The van der Waals surface area contributed by atoms with Crippen molar-refractivity contribution in [2.24, 2.45) is 11.8 Å².